The molecule has 0 saturated carbocycles. The first kappa shape index (κ1) is 20.9. The molecule has 6 nitrogen and oxygen atoms in total. The zero-order chi connectivity index (χ0) is 21.0. The van der Waals surface area contributed by atoms with Crippen molar-refractivity contribution in [1.29, 1.82) is 0 Å². The topological polar surface area (TPSA) is 84.7 Å². The molecular formula is C23H29N3O3. The summed E-state index contributed by atoms with van der Waals surface area (Å²) in [6.07, 6.45) is -0.360. The van der Waals surface area contributed by atoms with Crippen LogP contribution in [0, 0.1) is 0 Å². The van der Waals surface area contributed by atoms with Crippen molar-refractivity contribution in [2.75, 3.05) is 18.0 Å². The van der Waals surface area contributed by atoms with Crippen molar-refractivity contribution in [2.45, 2.75) is 45.3 Å². The van der Waals surface area contributed by atoms with E-state index in [1.807, 2.05) is 36.4 Å². The number of para-hydroxylation sites is 2. The SMILES string of the molecule is CC1Oc2ccccc2N(CCC(=O)NCC(N)c2ccc(C(C)C)cc2)C1=O. The highest BCUT2D eigenvalue weighted by Gasteiger charge is 2.31. The van der Waals surface area contributed by atoms with E-state index >= 15 is 0 Å². The quantitative estimate of drug-likeness (QED) is 0.754. The number of nitrogens with one attached hydrogen (secondary N) is 1. The highest BCUT2D eigenvalue weighted by molar-refractivity contribution is 6.00. The van der Waals surface area contributed by atoms with Gasteiger partial charge in [-0.25, -0.2) is 0 Å². The van der Waals surface area contributed by atoms with E-state index in [0.717, 1.165) is 5.56 Å². The molecule has 3 N–H and O–H groups in total. The van der Waals surface area contributed by atoms with Crippen LogP contribution in [-0.4, -0.2) is 31.0 Å². The predicted molar refractivity (Wildman–Crippen MR) is 114 cm³/mol. The molecule has 0 saturated heterocycles. The molecule has 3 rings (SSSR count). The summed E-state index contributed by atoms with van der Waals surface area (Å²) in [4.78, 5) is 26.4. The van der Waals surface area contributed by atoms with Crippen molar-refractivity contribution < 1.29 is 14.3 Å². The summed E-state index contributed by atoms with van der Waals surface area (Å²) >= 11 is 0. The molecule has 0 radical (unpaired) electrons. The molecule has 154 valence electrons. The van der Waals surface area contributed by atoms with Crippen LogP contribution in [0.1, 0.15) is 50.3 Å². The number of carbonyl (C=O) groups is 2. The van der Waals surface area contributed by atoms with E-state index in [0.29, 0.717) is 30.4 Å². The lowest BCUT2D eigenvalue weighted by Gasteiger charge is -2.32. The molecule has 2 amide bonds. The normalized spacial score (nSPS) is 16.9. The van der Waals surface area contributed by atoms with E-state index in [1.165, 1.54) is 5.56 Å². The number of rotatable bonds is 7. The minimum Gasteiger partial charge on any atom is -0.479 e. The van der Waals surface area contributed by atoms with Crippen LogP contribution in [0.2, 0.25) is 0 Å². The first-order valence-corrected chi connectivity index (χ1v) is 10.1. The van der Waals surface area contributed by atoms with Gasteiger partial charge < -0.3 is 20.7 Å². The van der Waals surface area contributed by atoms with E-state index in [1.54, 1.807) is 11.8 Å². The highest BCUT2D eigenvalue weighted by Crippen LogP contribution is 2.33. The molecule has 2 atom stereocenters. The van der Waals surface area contributed by atoms with Crippen molar-refractivity contribution in [2.24, 2.45) is 5.73 Å². The van der Waals surface area contributed by atoms with Crippen LogP contribution in [0.25, 0.3) is 0 Å². The van der Waals surface area contributed by atoms with Crippen LogP contribution in [0.3, 0.4) is 0 Å². The Labute approximate surface area is 172 Å². The second kappa shape index (κ2) is 9.09. The van der Waals surface area contributed by atoms with Gasteiger partial charge in [-0.15, -0.1) is 0 Å². The standard InChI is InChI=1S/C23H29N3O3/c1-15(2)17-8-10-18(11-9-17)19(24)14-25-22(27)12-13-26-20-6-4-5-7-21(20)29-16(3)23(26)28/h4-11,15-16,19H,12-14,24H2,1-3H3,(H,25,27). The van der Waals surface area contributed by atoms with Crippen LogP contribution in [0.5, 0.6) is 5.75 Å². The van der Waals surface area contributed by atoms with Crippen LogP contribution in [-0.2, 0) is 9.59 Å². The number of amides is 2. The number of hydrogen-bond donors (Lipinski definition) is 2. The average molecular weight is 396 g/mol. The van der Waals surface area contributed by atoms with Crippen molar-refractivity contribution in [3.63, 3.8) is 0 Å². The van der Waals surface area contributed by atoms with Gasteiger partial charge in [0, 0.05) is 25.6 Å². The number of anilines is 1. The number of hydrogen-bond acceptors (Lipinski definition) is 4. The largest absolute Gasteiger partial charge is 0.479 e. The molecule has 29 heavy (non-hydrogen) atoms. The number of fused-ring (bicyclic) bond motifs is 1. The number of nitrogens with two attached hydrogens (primary N) is 1. The van der Waals surface area contributed by atoms with Crippen molar-refractivity contribution in [3.05, 3.63) is 59.7 Å². The molecule has 0 aromatic heterocycles. The summed E-state index contributed by atoms with van der Waals surface area (Å²) in [5.41, 5.74) is 9.16. The van der Waals surface area contributed by atoms with E-state index in [4.69, 9.17) is 10.5 Å². The maximum atomic E-state index is 12.5. The van der Waals surface area contributed by atoms with E-state index in [9.17, 15) is 9.59 Å². The summed E-state index contributed by atoms with van der Waals surface area (Å²) in [6, 6.07) is 15.3. The van der Waals surface area contributed by atoms with E-state index < -0.39 is 6.10 Å². The van der Waals surface area contributed by atoms with Gasteiger partial charge in [0.15, 0.2) is 6.10 Å². The maximum Gasteiger partial charge on any atom is 0.267 e. The first-order chi connectivity index (χ1) is 13.9. The van der Waals surface area contributed by atoms with Gasteiger partial charge in [0.1, 0.15) is 5.75 Å². The Morgan fingerprint density at radius 1 is 1.14 bits per heavy atom. The Kier molecular flexibility index (Phi) is 6.54. The Balaban J connectivity index is 1.53. The van der Waals surface area contributed by atoms with Gasteiger partial charge in [0.2, 0.25) is 5.91 Å². The molecule has 0 aliphatic carbocycles. The monoisotopic (exact) mass is 395 g/mol. The van der Waals surface area contributed by atoms with Crippen LogP contribution in [0.15, 0.2) is 48.5 Å². The molecule has 2 unspecified atom stereocenters. The fourth-order valence-electron chi connectivity index (χ4n) is 3.36. The number of nitrogens with zero attached hydrogens (tertiary/aromatic N) is 1. The number of ether oxygens (including phenoxy) is 1. The molecule has 2 aromatic rings. The smallest absolute Gasteiger partial charge is 0.267 e. The Morgan fingerprint density at radius 3 is 2.48 bits per heavy atom. The molecule has 6 heteroatoms. The molecule has 1 aliphatic rings. The minimum absolute atomic E-state index is 0.135. The van der Waals surface area contributed by atoms with Gasteiger partial charge >= 0.3 is 0 Å². The first-order valence-electron chi connectivity index (χ1n) is 10.1. The Morgan fingerprint density at radius 2 is 1.79 bits per heavy atom. The van der Waals surface area contributed by atoms with Gasteiger partial charge in [-0.1, -0.05) is 50.2 Å². The summed E-state index contributed by atoms with van der Waals surface area (Å²) in [5, 5.41) is 2.87. The van der Waals surface area contributed by atoms with Crippen molar-refractivity contribution >= 4 is 17.5 Å². The molecular weight excluding hydrogens is 366 g/mol. The van der Waals surface area contributed by atoms with Gasteiger partial charge in [-0.2, -0.15) is 0 Å². The molecule has 2 aromatic carbocycles. The van der Waals surface area contributed by atoms with Crippen LogP contribution >= 0.6 is 0 Å². The average Bonchev–Trinajstić information content (AvgIpc) is 2.72. The van der Waals surface area contributed by atoms with Crippen LogP contribution < -0.4 is 20.7 Å². The Hall–Kier alpha value is -2.86. The summed E-state index contributed by atoms with van der Waals surface area (Å²) in [5.74, 6) is 0.852. The van der Waals surface area contributed by atoms with E-state index in [2.05, 4.69) is 31.3 Å². The Bertz CT molecular complexity index is 864. The maximum absolute atomic E-state index is 12.5. The summed E-state index contributed by atoms with van der Waals surface area (Å²) in [7, 11) is 0. The number of carbonyl (C=O) groups excluding carboxylic acids is 2. The minimum atomic E-state index is -0.560. The zero-order valence-electron chi connectivity index (χ0n) is 17.2. The summed E-state index contributed by atoms with van der Waals surface area (Å²) < 4.78 is 5.62. The molecule has 0 fully saturated rings. The lowest BCUT2D eigenvalue weighted by molar-refractivity contribution is -0.125. The third-order valence-electron chi connectivity index (χ3n) is 5.19. The van der Waals surface area contributed by atoms with Gasteiger partial charge in [-0.3, -0.25) is 9.59 Å². The van der Waals surface area contributed by atoms with Crippen molar-refractivity contribution in [1.82, 2.24) is 5.32 Å². The third-order valence-corrected chi connectivity index (χ3v) is 5.19. The zero-order valence-corrected chi connectivity index (χ0v) is 17.2. The van der Waals surface area contributed by atoms with Gasteiger partial charge in [-0.05, 0) is 36.1 Å². The fraction of sp³-hybridized carbons (Fsp3) is 0.391. The molecule has 1 aliphatic heterocycles. The van der Waals surface area contributed by atoms with Crippen molar-refractivity contribution in [3.8, 4) is 5.75 Å². The lowest BCUT2D eigenvalue weighted by atomic mass is 9.99. The molecule has 0 bridgehead atoms. The van der Waals surface area contributed by atoms with Gasteiger partial charge in [0.25, 0.3) is 5.91 Å². The second-order valence-corrected chi connectivity index (χ2v) is 7.70. The lowest BCUT2D eigenvalue weighted by Crippen LogP contribution is -2.46. The van der Waals surface area contributed by atoms with Crippen LogP contribution in [0.4, 0.5) is 5.69 Å². The molecule has 1 heterocycles. The van der Waals surface area contributed by atoms with E-state index in [-0.39, 0.29) is 24.3 Å². The van der Waals surface area contributed by atoms with Gasteiger partial charge in [0.05, 0.1) is 5.69 Å². The fourth-order valence-corrected chi connectivity index (χ4v) is 3.36. The highest BCUT2D eigenvalue weighted by atomic mass is 16.5. The number of benzene rings is 2. The third kappa shape index (κ3) is 4.95. The summed E-state index contributed by atoms with van der Waals surface area (Å²) in [6.45, 7) is 6.66. The molecule has 0 spiro atoms. The predicted octanol–water partition coefficient (Wildman–Crippen LogP) is 3.13. The second-order valence-electron chi connectivity index (χ2n) is 7.70.